The maximum absolute atomic E-state index is 10.7. The van der Waals surface area contributed by atoms with Gasteiger partial charge in [-0.25, -0.2) is 4.79 Å². The molecular formula is C6H15NO5Si. The van der Waals surface area contributed by atoms with Crippen LogP contribution >= 0.6 is 0 Å². The van der Waals surface area contributed by atoms with E-state index in [0.29, 0.717) is 0 Å². The van der Waals surface area contributed by atoms with Crippen LogP contribution in [0.3, 0.4) is 0 Å². The molecule has 0 radical (unpaired) electrons. The van der Waals surface area contributed by atoms with Crippen molar-refractivity contribution in [2.75, 3.05) is 34.6 Å². The second-order valence-electron chi connectivity index (χ2n) is 2.12. The first-order chi connectivity index (χ1) is 6.14. The molecule has 0 fully saturated rings. The lowest BCUT2D eigenvalue weighted by Gasteiger charge is -2.23. The molecule has 0 aliphatic carbocycles. The Morgan fingerprint density at radius 3 is 2.00 bits per heavy atom. The van der Waals surface area contributed by atoms with Crippen LogP contribution < -0.4 is 5.32 Å². The highest BCUT2D eigenvalue weighted by Gasteiger charge is 2.40. The maximum Gasteiger partial charge on any atom is 0.540 e. The largest absolute Gasteiger partial charge is 0.540 e. The lowest BCUT2D eigenvalue weighted by molar-refractivity contribution is 0.0817. The second-order valence-corrected chi connectivity index (χ2v) is 5.00. The fourth-order valence-corrected chi connectivity index (χ4v) is 1.81. The summed E-state index contributed by atoms with van der Waals surface area (Å²) in [7, 11) is 3.04. The summed E-state index contributed by atoms with van der Waals surface area (Å²) in [6, 6.07) is 0. The van der Waals surface area contributed by atoms with Gasteiger partial charge >= 0.3 is 14.9 Å². The summed E-state index contributed by atoms with van der Waals surface area (Å²) in [6.07, 6.45) is -0.543. The van der Waals surface area contributed by atoms with Crippen LogP contribution in [0.2, 0.25) is 0 Å². The number of hydrogen-bond donors (Lipinski definition) is 1. The number of carbonyl (C=O) groups is 1. The molecule has 0 saturated carbocycles. The van der Waals surface area contributed by atoms with Gasteiger partial charge in [-0.2, -0.15) is 0 Å². The van der Waals surface area contributed by atoms with Gasteiger partial charge in [0.05, 0.1) is 0 Å². The molecule has 0 atom stereocenters. The molecule has 0 unspecified atom stereocenters. The van der Waals surface area contributed by atoms with Crippen molar-refractivity contribution < 1.29 is 22.8 Å². The summed E-state index contributed by atoms with van der Waals surface area (Å²) < 4.78 is 19.8. The van der Waals surface area contributed by atoms with Crippen LogP contribution in [0.1, 0.15) is 0 Å². The van der Waals surface area contributed by atoms with Gasteiger partial charge in [-0.15, -0.1) is 0 Å². The number of ether oxygens (including phenoxy) is 1. The van der Waals surface area contributed by atoms with Gasteiger partial charge in [-0.3, -0.25) is 0 Å². The molecule has 0 aromatic heterocycles. The van der Waals surface area contributed by atoms with Crippen LogP contribution in [-0.4, -0.2) is 49.5 Å². The van der Waals surface area contributed by atoms with Crippen LogP contribution in [0.15, 0.2) is 0 Å². The van der Waals surface area contributed by atoms with Gasteiger partial charge in [0.1, 0.15) is 0 Å². The summed E-state index contributed by atoms with van der Waals surface area (Å²) >= 11 is 0. The van der Waals surface area contributed by atoms with E-state index in [0.717, 1.165) is 0 Å². The molecule has 0 heterocycles. The molecule has 7 heteroatoms. The molecular weight excluding hydrogens is 194 g/mol. The zero-order chi connectivity index (χ0) is 10.3. The quantitative estimate of drug-likeness (QED) is 0.633. The molecule has 0 spiro atoms. The number of amides is 1. The Morgan fingerprint density at radius 1 is 1.23 bits per heavy atom. The molecule has 0 bridgehead atoms. The van der Waals surface area contributed by atoms with Crippen molar-refractivity contribution in [1.82, 2.24) is 5.32 Å². The molecule has 1 amide bonds. The van der Waals surface area contributed by atoms with Gasteiger partial charge in [-0.1, -0.05) is 0 Å². The molecule has 0 saturated heterocycles. The highest BCUT2D eigenvalue weighted by molar-refractivity contribution is 6.60. The van der Waals surface area contributed by atoms with Crippen molar-refractivity contribution in [1.29, 1.82) is 0 Å². The summed E-state index contributed by atoms with van der Waals surface area (Å²) in [5, 5.41) is 2.30. The zero-order valence-corrected chi connectivity index (χ0v) is 9.25. The van der Waals surface area contributed by atoms with E-state index in [1.165, 1.54) is 28.4 Å². The summed E-state index contributed by atoms with van der Waals surface area (Å²) in [6.45, 7) is 0. The number of alkyl carbamates (subject to hydrolysis) is 1. The van der Waals surface area contributed by atoms with E-state index in [4.69, 9.17) is 18.0 Å². The molecule has 0 aromatic carbocycles. The Balaban J connectivity index is 4.02. The average molecular weight is 209 g/mol. The second kappa shape index (κ2) is 5.92. The van der Waals surface area contributed by atoms with Crippen LogP contribution in [0.25, 0.3) is 0 Å². The van der Waals surface area contributed by atoms with Gasteiger partial charge in [0, 0.05) is 28.4 Å². The van der Waals surface area contributed by atoms with Crippen LogP contribution in [0.5, 0.6) is 0 Å². The number of carbonyl (C=O) groups excluding carboxylic acids is 1. The molecule has 78 valence electrons. The van der Waals surface area contributed by atoms with Crippen LogP contribution in [-0.2, 0) is 18.0 Å². The Kier molecular flexibility index (Phi) is 5.63. The van der Waals surface area contributed by atoms with Crippen molar-refractivity contribution in [3.63, 3.8) is 0 Å². The van der Waals surface area contributed by atoms with Gasteiger partial charge in [0.25, 0.3) is 0 Å². The summed E-state index contributed by atoms with van der Waals surface area (Å²) in [4.78, 5) is 10.7. The summed E-state index contributed by atoms with van der Waals surface area (Å²) in [5.74, 6) is 0. The Labute approximate surface area is 78.5 Å². The van der Waals surface area contributed by atoms with E-state index in [1.54, 1.807) is 0 Å². The SMILES string of the molecule is CNC(=O)OC[Si](OC)(OC)OC. The molecule has 1 N–H and O–H groups in total. The minimum Gasteiger partial charge on any atom is -0.445 e. The Bertz CT molecular complexity index is 153. The Hall–Kier alpha value is -0.633. The van der Waals surface area contributed by atoms with Gasteiger partial charge < -0.3 is 23.3 Å². The standard InChI is InChI=1S/C6H15NO5Si/c1-7-6(8)12-5-13(9-2,10-3)11-4/h5H2,1-4H3,(H,7,8). The van der Waals surface area contributed by atoms with Crippen molar-refractivity contribution in [3.8, 4) is 0 Å². The average Bonchev–Trinajstić information content (AvgIpc) is 2.20. The first-order valence-corrected chi connectivity index (χ1v) is 5.57. The first kappa shape index (κ1) is 12.4. The first-order valence-electron chi connectivity index (χ1n) is 3.64. The normalized spacial score (nSPS) is 11.1. The molecule has 0 rings (SSSR count). The smallest absolute Gasteiger partial charge is 0.445 e. The monoisotopic (exact) mass is 209 g/mol. The number of nitrogens with one attached hydrogen (secondary N) is 1. The minimum absolute atomic E-state index is 0.00380. The lowest BCUT2D eigenvalue weighted by Crippen LogP contribution is -2.49. The predicted molar refractivity (Wildman–Crippen MR) is 47.2 cm³/mol. The van der Waals surface area contributed by atoms with E-state index in [-0.39, 0.29) is 6.23 Å². The third-order valence-corrected chi connectivity index (χ3v) is 3.88. The van der Waals surface area contributed by atoms with Crippen LogP contribution in [0, 0.1) is 0 Å². The zero-order valence-electron chi connectivity index (χ0n) is 8.25. The van der Waals surface area contributed by atoms with Crippen molar-refractivity contribution in [3.05, 3.63) is 0 Å². The number of rotatable bonds is 5. The highest BCUT2D eigenvalue weighted by atomic mass is 28.4. The van der Waals surface area contributed by atoms with E-state index in [9.17, 15) is 4.79 Å². The molecule has 0 aliphatic heterocycles. The van der Waals surface area contributed by atoms with Gasteiger partial charge in [0.15, 0.2) is 6.23 Å². The highest BCUT2D eigenvalue weighted by Crippen LogP contribution is 2.05. The van der Waals surface area contributed by atoms with E-state index in [1.807, 2.05) is 0 Å². The van der Waals surface area contributed by atoms with E-state index >= 15 is 0 Å². The molecule has 0 aromatic rings. The summed E-state index contributed by atoms with van der Waals surface area (Å²) in [5.41, 5.74) is 0. The van der Waals surface area contributed by atoms with Crippen molar-refractivity contribution in [2.45, 2.75) is 0 Å². The van der Waals surface area contributed by atoms with Crippen molar-refractivity contribution >= 4 is 14.9 Å². The number of hydrogen-bond acceptors (Lipinski definition) is 5. The minimum atomic E-state index is -2.78. The predicted octanol–water partition coefficient (Wildman–Crippen LogP) is -0.240. The van der Waals surface area contributed by atoms with Gasteiger partial charge in [-0.05, 0) is 0 Å². The molecule has 13 heavy (non-hydrogen) atoms. The third-order valence-electron chi connectivity index (χ3n) is 1.52. The third kappa shape index (κ3) is 3.72. The van der Waals surface area contributed by atoms with Crippen molar-refractivity contribution in [2.24, 2.45) is 0 Å². The lowest BCUT2D eigenvalue weighted by atomic mass is 11.1. The van der Waals surface area contributed by atoms with Crippen LogP contribution in [0.4, 0.5) is 4.79 Å². The maximum atomic E-state index is 10.7. The fourth-order valence-electron chi connectivity index (χ4n) is 0.653. The molecule has 0 aliphatic rings. The topological polar surface area (TPSA) is 66.0 Å². The van der Waals surface area contributed by atoms with E-state index in [2.05, 4.69) is 5.32 Å². The fraction of sp³-hybridized carbons (Fsp3) is 0.833. The Morgan fingerprint density at radius 2 is 1.69 bits per heavy atom. The molecule has 6 nitrogen and oxygen atoms in total. The van der Waals surface area contributed by atoms with E-state index < -0.39 is 14.9 Å². The van der Waals surface area contributed by atoms with Gasteiger partial charge in [0.2, 0.25) is 0 Å².